The highest BCUT2D eigenvalue weighted by atomic mass is 19.4. The lowest BCUT2D eigenvalue weighted by Crippen LogP contribution is -2.20. The average molecular weight is 291 g/mol. The van der Waals surface area contributed by atoms with Gasteiger partial charge in [0, 0.05) is 11.6 Å². The fraction of sp³-hybridized carbons (Fsp3) is 0.571. The van der Waals surface area contributed by atoms with Gasteiger partial charge < -0.3 is 14.8 Å². The molecule has 1 N–H and O–H groups in total. The standard InChI is InChI=1S/C14H20F3NO2/c1-3-12(18-2)11-6-4-5-7-13(11)20-9-8-19-10-14(15,16)17/h4-7,12,18H,3,8-10H2,1-2H3. The first-order valence-electron chi connectivity index (χ1n) is 6.51. The average Bonchev–Trinajstić information content (AvgIpc) is 2.40. The van der Waals surface area contributed by atoms with E-state index < -0.39 is 12.8 Å². The van der Waals surface area contributed by atoms with Crippen molar-refractivity contribution in [3.63, 3.8) is 0 Å². The van der Waals surface area contributed by atoms with Crippen LogP contribution in [-0.4, -0.2) is 33.0 Å². The molecule has 0 bridgehead atoms. The predicted octanol–water partition coefficient (Wildman–Crippen LogP) is 3.31. The third-order valence-corrected chi connectivity index (χ3v) is 2.80. The summed E-state index contributed by atoms with van der Waals surface area (Å²) in [6.45, 7) is 0.800. The summed E-state index contributed by atoms with van der Waals surface area (Å²) in [7, 11) is 1.86. The molecule has 1 unspecified atom stereocenters. The summed E-state index contributed by atoms with van der Waals surface area (Å²) in [6.07, 6.45) is -3.40. The Hall–Kier alpha value is -1.27. The SMILES string of the molecule is CCC(NC)c1ccccc1OCCOCC(F)(F)F. The maximum Gasteiger partial charge on any atom is 0.411 e. The largest absolute Gasteiger partial charge is 0.491 e. The highest BCUT2D eigenvalue weighted by molar-refractivity contribution is 5.35. The van der Waals surface area contributed by atoms with E-state index in [4.69, 9.17) is 4.74 Å². The van der Waals surface area contributed by atoms with Crippen LogP contribution < -0.4 is 10.1 Å². The molecule has 1 atom stereocenters. The quantitative estimate of drug-likeness (QED) is 0.745. The van der Waals surface area contributed by atoms with Gasteiger partial charge in [0.15, 0.2) is 0 Å². The zero-order valence-electron chi connectivity index (χ0n) is 11.7. The molecular formula is C14H20F3NO2. The molecule has 6 heteroatoms. The Labute approximate surface area is 117 Å². The summed E-state index contributed by atoms with van der Waals surface area (Å²) in [6, 6.07) is 7.64. The van der Waals surface area contributed by atoms with Gasteiger partial charge in [-0.05, 0) is 19.5 Å². The number of hydrogen-bond acceptors (Lipinski definition) is 3. The Morgan fingerprint density at radius 2 is 1.90 bits per heavy atom. The smallest absolute Gasteiger partial charge is 0.411 e. The minimum absolute atomic E-state index is 0.0905. The number of ether oxygens (including phenoxy) is 2. The van der Waals surface area contributed by atoms with Crippen LogP contribution >= 0.6 is 0 Å². The van der Waals surface area contributed by atoms with Crippen LogP contribution in [0.2, 0.25) is 0 Å². The van der Waals surface area contributed by atoms with Gasteiger partial charge in [-0.2, -0.15) is 13.2 Å². The van der Waals surface area contributed by atoms with Crippen LogP contribution in [0.15, 0.2) is 24.3 Å². The molecule has 1 rings (SSSR count). The normalized spacial score (nSPS) is 13.2. The van der Waals surface area contributed by atoms with E-state index in [9.17, 15) is 13.2 Å². The summed E-state index contributed by atoms with van der Waals surface area (Å²) in [5, 5.41) is 3.17. The predicted molar refractivity (Wildman–Crippen MR) is 70.9 cm³/mol. The van der Waals surface area contributed by atoms with Crippen molar-refractivity contribution in [3.8, 4) is 5.75 Å². The summed E-state index contributed by atoms with van der Waals surface area (Å²) in [5.41, 5.74) is 0.994. The van der Waals surface area contributed by atoms with Gasteiger partial charge in [-0.1, -0.05) is 25.1 Å². The van der Waals surface area contributed by atoms with Crippen molar-refractivity contribution in [2.24, 2.45) is 0 Å². The van der Waals surface area contributed by atoms with Gasteiger partial charge in [0.2, 0.25) is 0 Å². The summed E-state index contributed by atoms with van der Waals surface area (Å²) in [4.78, 5) is 0. The molecule has 1 aromatic rings. The minimum Gasteiger partial charge on any atom is -0.491 e. The number of benzene rings is 1. The molecule has 0 aromatic heterocycles. The van der Waals surface area contributed by atoms with E-state index in [1.54, 1.807) is 6.07 Å². The van der Waals surface area contributed by atoms with Crippen LogP contribution in [0.4, 0.5) is 13.2 Å². The van der Waals surface area contributed by atoms with Crippen LogP contribution in [0.5, 0.6) is 5.75 Å². The van der Waals surface area contributed by atoms with Crippen LogP contribution in [-0.2, 0) is 4.74 Å². The molecule has 0 heterocycles. The van der Waals surface area contributed by atoms with Crippen molar-refractivity contribution >= 4 is 0 Å². The second kappa shape index (κ2) is 8.11. The molecule has 0 saturated carbocycles. The summed E-state index contributed by atoms with van der Waals surface area (Å²) in [5.74, 6) is 0.671. The third-order valence-electron chi connectivity index (χ3n) is 2.80. The van der Waals surface area contributed by atoms with Crippen molar-refractivity contribution in [2.75, 3.05) is 26.9 Å². The molecule has 114 valence electrons. The van der Waals surface area contributed by atoms with E-state index in [0.717, 1.165) is 12.0 Å². The molecule has 0 aliphatic rings. The maximum atomic E-state index is 11.9. The molecule has 20 heavy (non-hydrogen) atoms. The highest BCUT2D eigenvalue weighted by Crippen LogP contribution is 2.26. The van der Waals surface area contributed by atoms with Crippen LogP contribution in [0, 0.1) is 0 Å². The van der Waals surface area contributed by atoms with Gasteiger partial charge >= 0.3 is 6.18 Å². The molecule has 1 aromatic carbocycles. The van der Waals surface area contributed by atoms with E-state index in [0.29, 0.717) is 5.75 Å². The lowest BCUT2D eigenvalue weighted by Gasteiger charge is -2.18. The summed E-state index contributed by atoms with van der Waals surface area (Å²) < 4.78 is 45.7. The van der Waals surface area contributed by atoms with Crippen molar-refractivity contribution in [1.82, 2.24) is 5.32 Å². The third kappa shape index (κ3) is 5.79. The number of nitrogens with one attached hydrogen (secondary N) is 1. The molecule has 3 nitrogen and oxygen atoms in total. The number of hydrogen-bond donors (Lipinski definition) is 1. The number of alkyl halides is 3. The summed E-state index contributed by atoms with van der Waals surface area (Å²) >= 11 is 0. The molecule has 0 amide bonds. The first kappa shape index (κ1) is 16.8. The zero-order valence-corrected chi connectivity index (χ0v) is 11.7. The van der Waals surface area contributed by atoms with Crippen molar-refractivity contribution in [2.45, 2.75) is 25.6 Å². The lowest BCUT2D eigenvalue weighted by molar-refractivity contribution is -0.175. The second-order valence-electron chi connectivity index (χ2n) is 4.30. The molecule has 0 saturated heterocycles. The first-order valence-corrected chi connectivity index (χ1v) is 6.51. The van der Waals surface area contributed by atoms with E-state index in [1.807, 2.05) is 32.2 Å². The Balaban J connectivity index is 2.48. The van der Waals surface area contributed by atoms with Gasteiger partial charge in [0.1, 0.15) is 19.0 Å². The van der Waals surface area contributed by atoms with Crippen LogP contribution in [0.3, 0.4) is 0 Å². The second-order valence-corrected chi connectivity index (χ2v) is 4.30. The first-order chi connectivity index (χ1) is 9.48. The van der Waals surface area contributed by atoms with Gasteiger partial charge in [-0.3, -0.25) is 0 Å². The van der Waals surface area contributed by atoms with E-state index >= 15 is 0 Å². The van der Waals surface area contributed by atoms with Gasteiger partial charge in [-0.25, -0.2) is 0 Å². The molecule has 0 spiro atoms. The van der Waals surface area contributed by atoms with Gasteiger partial charge in [0.25, 0.3) is 0 Å². The molecule has 0 aliphatic carbocycles. The molecule has 0 radical (unpaired) electrons. The van der Waals surface area contributed by atoms with Gasteiger partial charge in [-0.15, -0.1) is 0 Å². The monoisotopic (exact) mass is 291 g/mol. The highest BCUT2D eigenvalue weighted by Gasteiger charge is 2.27. The topological polar surface area (TPSA) is 30.5 Å². The van der Waals surface area contributed by atoms with Crippen molar-refractivity contribution < 1.29 is 22.6 Å². The van der Waals surface area contributed by atoms with E-state index in [-0.39, 0.29) is 19.3 Å². The Bertz CT molecular complexity index is 392. The molecule has 0 fully saturated rings. The van der Waals surface area contributed by atoms with E-state index in [1.165, 1.54) is 0 Å². The molecular weight excluding hydrogens is 271 g/mol. The fourth-order valence-corrected chi connectivity index (χ4v) is 1.88. The number of rotatable bonds is 8. The zero-order chi connectivity index (χ0) is 15.0. The Morgan fingerprint density at radius 3 is 2.50 bits per heavy atom. The van der Waals surface area contributed by atoms with Crippen molar-refractivity contribution in [3.05, 3.63) is 29.8 Å². The Kier molecular flexibility index (Phi) is 6.81. The van der Waals surface area contributed by atoms with E-state index in [2.05, 4.69) is 10.1 Å². The van der Waals surface area contributed by atoms with Crippen LogP contribution in [0.25, 0.3) is 0 Å². The Morgan fingerprint density at radius 1 is 1.20 bits per heavy atom. The van der Waals surface area contributed by atoms with Crippen molar-refractivity contribution in [1.29, 1.82) is 0 Å². The lowest BCUT2D eigenvalue weighted by atomic mass is 10.0. The number of halogens is 3. The number of para-hydroxylation sites is 1. The maximum absolute atomic E-state index is 11.9. The minimum atomic E-state index is -4.29. The molecule has 0 aliphatic heterocycles. The van der Waals surface area contributed by atoms with Crippen LogP contribution in [0.1, 0.15) is 24.9 Å². The van der Waals surface area contributed by atoms with Gasteiger partial charge in [0.05, 0.1) is 6.61 Å². The fourth-order valence-electron chi connectivity index (χ4n) is 1.88.